The van der Waals surface area contributed by atoms with Crippen LogP contribution in [0.5, 0.6) is 0 Å². The number of nitrogens with zero attached hydrogens (tertiary/aromatic N) is 3. The first-order valence-electron chi connectivity index (χ1n) is 4.03. The van der Waals surface area contributed by atoms with Crippen LogP contribution in [0.1, 0.15) is 5.56 Å². The predicted molar refractivity (Wildman–Crippen MR) is 54.6 cm³/mol. The molecular formula is C11H6N4. The molecule has 1 rings (SSSR count). The second-order valence-electron chi connectivity index (χ2n) is 2.71. The summed E-state index contributed by atoms with van der Waals surface area (Å²) in [7, 11) is 0. The molecule has 0 aromatic heterocycles. The molecule has 0 saturated heterocycles. The molecule has 0 bridgehead atoms. The van der Waals surface area contributed by atoms with Crippen molar-refractivity contribution in [3.05, 3.63) is 35.4 Å². The Hall–Kier alpha value is -2.77. The van der Waals surface area contributed by atoms with Gasteiger partial charge in [-0.15, -0.1) is 0 Å². The first-order chi connectivity index (χ1) is 7.22. The summed E-state index contributed by atoms with van der Waals surface area (Å²) in [6.45, 7) is 0. The lowest BCUT2D eigenvalue weighted by Gasteiger charge is -1.99. The zero-order chi connectivity index (χ0) is 11.3. The molecule has 0 atom stereocenters. The van der Waals surface area contributed by atoms with Crippen LogP contribution in [-0.4, -0.2) is 0 Å². The summed E-state index contributed by atoms with van der Waals surface area (Å²) in [6.07, 6.45) is 0. The zero-order valence-electron chi connectivity index (χ0n) is 7.73. The normalized spacial score (nSPS) is 8.07. The number of nitrogens with two attached hydrogens (primary N) is 1. The monoisotopic (exact) mass is 194 g/mol. The molecule has 0 heterocycles. The summed E-state index contributed by atoms with van der Waals surface area (Å²) in [5, 5.41) is 26.1. The van der Waals surface area contributed by atoms with E-state index in [9.17, 15) is 0 Å². The fraction of sp³-hybridized carbons (Fsp3) is 0. The van der Waals surface area contributed by atoms with Gasteiger partial charge in [-0.05, 0) is 17.7 Å². The summed E-state index contributed by atoms with van der Waals surface area (Å²) >= 11 is 0. The van der Waals surface area contributed by atoms with Gasteiger partial charge in [0.1, 0.15) is 23.8 Å². The zero-order valence-corrected chi connectivity index (χ0v) is 7.73. The molecule has 1 aromatic rings. The Balaban J connectivity index is 3.42. The van der Waals surface area contributed by atoms with E-state index in [1.165, 1.54) is 0 Å². The van der Waals surface area contributed by atoms with E-state index >= 15 is 0 Å². The van der Waals surface area contributed by atoms with E-state index in [1.54, 1.807) is 36.4 Å². The molecule has 0 radical (unpaired) electrons. The maximum absolute atomic E-state index is 8.85. The van der Waals surface area contributed by atoms with Crippen molar-refractivity contribution in [2.75, 3.05) is 5.73 Å². The smallest absolute Gasteiger partial charge is 0.148 e. The molecule has 2 N–H and O–H groups in total. The van der Waals surface area contributed by atoms with Crippen LogP contribution in [0.3, 0.4) is 0 Å². The average Bonchev–Trinajstić information content (AvgIpc) is 2.25. The molecule has 1 aromatic carbocycles. The minimum atomic E-state index is -0.205. The molecule has 0 saturated carbocycles. The van der Waals surface area contributed by atoms with E-state index in [2.05, 4.69) is 0 Å². The molecule has 0 aliphatic carbocycles. The van der Waals surface area contributed by atoms with Gasteiger partial charge in [-0.1, -0.05) is 12.1 Å². The highest BCUT2D eigenvalue weighted by atomic mass is 14.5. The summed E-state index contributed by atoms with van der Waals surface area (Å²) in [5.41, 5.74) is 6.34. The van der Waals surface area contributed by atoms with Crippen molar-refractivity contribution in [2.24, 2.45) is 0 Å². The van der Waals surface area contributed by atoms with Crippen molar-refractivity contribution in [1.29, 1.82) is 15.8 Å². The van der Waals surface area contributed by atoms with Gasteiger partial charge in [0, 0.05) is 5.69 Å². The molecule has 15 heavy (non-hydrogen) atoms. The van der Waals surface area contributed by atoms with Gasteiger partial charge in [0.2, 0.25) is 0 Å². The SMILES string of the molecule is N#CC(C#N)=C(C#N)c1cccc(N)c1. The summed E-state index contributed by atoms with van der Waals surface area (Å²) in [5.74, 6) is 0. The maximum Gasteiger partial charge on any atom is 0.148 e. The van der Waals surface area contributed by atoms with Gasteiger partial charge in [0.05, 0.1) is 5.57 Å². The average molecular weight is 194 g/mol. The molecule has 0 aliphatic heterocycles. The molecular weight excluding hydrogens is 188 g/mol. The molecule has 0 fully saturated rings. The third-order valence-corrected chi connectivity index (χ3v) is 1.76. The molecule has 0 spiro atoms. The third kappa shape index (κ3) is 2.12. The van der Waals surface area contributed by atoms with Gasteiger partial charge in [0.15, 0.2) is 0 Å². The number of nitrogen functional groups attached to an aromatic ring is 1. The Morgan fingerprint density at radius 3 is 2.20 bits per heavy atom. The number of anilines is 1. The van der Waals surface area contributed by atoms with Crippen molar-refractivity contribution in [1.82, 2.24) is 0 Å². The standard InChI is InChI=1S/C11H6N4/c12-5-9(6-13)11(7-14)8-2-1-3-10(15)4-8/h1-4H,15H2. The van der Waals surface area contributed by atoms with Crippen LogP contribution < -0.4 is 5.73 Å². The summed E-state index contributed by atoms with van der Waals surface area (Å²) in [4.78, 5) is 0. The van der Waals surface area contributed by atoms with Gasteiger partial charge in [-0.2, -0.15) is 15.8 Å². The second kappa shape index (κ2) is 4.46. The van der Waals surface area contributed by atoms with E-state index in [0.717, 1.165) is 0 Å². The minimum Gasteiger partial charge on any atom is -0.399 e. The van der Waals surface area contributed by atoms with E-state index in [0.29, 0.717) is 11.3 Å². The van der Waals surface area contributed by atoms with Crippen LogP contribution >= 0.6 is 0 Å². The Kier molecular flexibility index (Phi) is 3.07. The van der Waals surface area contributed by atoms with Crippen LogP contribution in [0, 0.1) is 34.0 Å². The second-order valence-corrected chi connectivity index (χ2v) is 2.71. The van der Waals surface area contributed by atoms with E-state index < -0.39 is 0 Å². The molecule has 4 heteroatoms. The first-order valence-corrected chi connectivity index (χ1v) is 4.03. The van der Waals surface area contributed by atoms with Crippen molar-refractivity contribution in [2.45, 2.75) is 0 Å². The molecule has 70 valence electrons. The van der Waals surface area contributed by atoms with Gasteiger partial charge in [-0.3, -0.25) is 0 Å². The van der Waals surface area contributed by atoms with Crippen molar-refractivity contribution < 1.29 is 0 Å². The molecule has 4 nitrogen and oxygen atoms in total. The lowest BCUT2D eigenvalue weighted by Crippen LogP contribution is -1.90. The van der Waals surface area contributed by atoms with Crippen molar-refractivity contribution in [3.8, 4) is 18.2 Å². The third-order valence-electron chi connectivity index (χ3n) is 1.76. The van der Waals surface area contributed by atoms with Gasteiger partial charge >= 0.3 is 0 Å². The quantitative estimate of drug-likeness (QED) is 0.542. The Morgan fingerprint density at radius 1 is 1.07 bits per heavy atom. The van der Waals surface area contributed by atoms with Crippen molar-refractivity contribution >= 4 is 11.3 Å². The Labute approximate surface area is 87.1 Å². The number of hydrogen-bond acceptors (Lipinski definition) is 4. The predicted octanol–water partition coefficient (Wildman–Crippen LogP) is 1.59. The van der Waals surface area contributed by atoms with Crippen LogP contribution in [-0.2, 0) is 0 Å². The van der Waals surface area contributed by atoms with E-state index in [1.807, 2.05) is 6.07 Å². The minimum absolute atomic E-state index is 0.0484. The largest absolute Gasteiger partial charge is 0.399 e. The topological polar surface area (TPSA) is 97.4 Å². The number of nitriles is 3. The fourth-order valence-corrected chi connectivity index (χ4v) is 1.10. The maximum atomic E-state index is 8.85. The van der Waals surface area contributed by atoms with Gasteiger partial charge in [-0.25, -0.2) is 0 Å². The highest BCUT2D eigenvalue weighted by molar-refractivity contribution is 5.85. The number of rotatable bonds is 1. The van der Waals surface area contributed by atoms with E-state index in [4.69, 9.17) is 21.5 Å². The van der Waals surface area contributed by atoms with Crippen LogP contribution in [0.15, 0.2) is 29.8 Å². The number of benzene rings is 1. The highest BCUT2D eigenvalue weighted by Crippen LogP contribution is 2.19. The lowest BCUT2D eigenvalue weighted by molar-refractivity contribution is 1.45. The van der Waals surface area contributed by atoms with Crippen LogP contribution in [0.4, 0.5) is 5.69 Å². The summed E-state index contributed by atoms with van der Waals surface area (Å²) in [6, 6.07) is 11.7. The van der Waals surface area contributed by atoms with Crippen LogP contribution in [0.2, 0.25) is 0 Å². The molecule has 0 amide bonds. The Morgan fingerprint density at radius 2 is 1.73 bits per heavy atom. The Bertz CT molecular complexity index is 519. The highest BCUT2D eigenvalue weighted by Gasteiger charge is 2.08. The van der Waals surface area contributed by atoms with Gasteiger partial charge in [0.25, 0.3) is 0 Å². The number of allylic oxidation sites excluding steroid dienone is 2. The lowest BCUT2D eigenvalue weighted by atomic mass is 10.0. The molecule has 0 aliphatic rings. The number of hydrogen-bond donors (Lipinski definition) is 1. The van der Waals surface area contributed by atoms with Gasteiger partial charge < -0.3 is 5.73 Å². The van der Waals surface area contributed by atoms with Crippen LogP contribution in [0.25, 0.3) is 5.57 Å². The molecule has 0 unspecified atom stereocenters. The first kappa shape index (κ1) is 10.3. The van der Waals surface area contributed by atoms with E-state index in [-0.39, 0.29) is 11.1 Å². The van der Waals surface area contributed by atoms with Crippen molar-refractivity contribution in [3.63, 3.8) is 0 Å². The fourth-order valence-electron chi connectivity index (χ4n) is 1.10. The summed E-state index contributed by atoms with van der Waals surface area (Å²) < 4.78 is 0.